The molecule has 2 fully saturated rings. The summed E-state index contributed by atoms with van der Waals surface area (Å²) in [7, 11) is 0. The molecule has 0 radical (unpaired) electrons. The molecule has 2 N–H and O–H groups in total. The Bertz CT molecular complexity index is 501. The summed E-state index contributed by atoms with van der Waals surface area (Å²) in [5, 5.41) is 0. The van der Waals surface area contributed by atoms with E-state index < -0.39 is 0 Å². The lowest BCUT2D eigenvalue weighted by Gasteiger charge is -2.44. The highest BCUT2D eigenvalue weighted by Gasteiger charge is 2.35. The summed E-state index contributed by atoms with van der Waals surface area (Å²) in [6.07, 6.45) is 7.41. The zero-order chi connectivity index (χ0) is 14.7. The fourth-order valence-electron chi connectivity index (χ4n) is 3.77. The molecule has 1 aliphatic heterocycles. The highest BCUT2D eigenvalue weighted by Crippen LogP contribution is 2.35. The van der Waals surface area contributed by atoms with Crippen LogP contribution >= 0.6 is 0 Å². The largest absolute Gasteiger partial charge is 0.482 e. The molecule has 0 aromatic heterocycles. The molecule has 2 aliphatic rings. The predicted molar refractivity (Wildman–Crippen MR) is 83.0 cm³/mol. The molecular weight excluding hydrogens is 264 g/mol. The van der Waals surface area contributed by atoms with Crippen LogP contribution in [0.2, 0.25) is 0 Å². The minimum Gasteiger partial charge on any atom is -0.482 e. The number of benzene rings is 1. The Balaban J connectivity index is 1.60. The standard InChI is InChI=1S/C17H24N2O2/c18-14-8-2-4-10-16(14)21-12-17(20)19-11-5-7-13-6-1-3-9-15(13)19/h2,4,8,10,13,15H,1,3,5-7,9,11-12,18H2/t13-,15-/m1/s1. The van der Waals surface area contributed by atoms with Crippen molar-refractivity contribution < 1.29 is 9.53 Å². The van der Waals surface area contributed by atoms with Crippen LogP contribution in [0.15, 0.2) is 24.3 Å². The number of hydrogen-bond acceptors (Lipinski definition) is 3. The van der Waals surface area contributed by atoms with Gasteiger partial charge in [0.15, 0.2) is 6.61 Å². The molecule has 1 amide bonds. The van der Waals surface area contributed by atoms with E-state index in [4.69, 9.17) is 10.5 Å². The highest BCUT2D eigenvalue weighted by molar-refractivity contribution is 5.78. The normalized spacial score (nSPS) is 25.2. The van der Waals surface area contributed by atoms with Crippen LogP contribution in [-0.4, -0.2) is 30.0 Å². The molecule has 1 heterocycles. The number of rotatable bonds is 3. The van der Waals surface area contributed by atoms with Crippen molar-refractivity contribution in [3.05, 3.63) is 24.3 Å². The molecule has 0 spiro atoms. The molecule has 1 saturated heterocycles. The summed E-state index contributed by atoms with van der Waals surface area (Å²) in [5.41, 5.74) is 6.42. The molecular formula is C17H24N2O2. The molecule has 1 aromatic carbocycles. The van der Waals surface area contributed by atoms with E-state index in [1.54, 1.807) is 6.07 Å². The minimum absolute atomic E-state index is 0.0947. The van der Waals surface area contributed by atoms with Gasteiger partial charge < -0.3 is 15.4 Å². The van der Waals surface area contributed by atoms with Crippen molar-refractivity contribution in [2.75, 3.05) is 18.9 Å². The lowest BCUT2D eigenvalue weighted by molar-refractivity contribution is -0.139. The van der Waals surface area contributed by atoms with Crippen molar-refractivity contribution in [1.82, 2.24) is 4.90 Å². The first-order valence-electron chi connectivity index (χ1n) is 8.02. The smallest absolute Gasteiger partial charge is 0.260 e. The first-order valence-corrected chi connectivity index (χ1v) is 8.02. The lowest BCUT2D eigenvalue weighted by atomic mass is 9.78. The van der Waals surface area contributed by atoms with Gasteiger partial charge in [-0.2, -0.15) is 0 Å². The van der Waals surface area contributed by atoms with Gasteiger partial charge in [0.2, 0.25) is 0 Å². The number of para-hydroxylation sites is 2. The zero-order valence-corrected chi connectivity index (χ0v) is 12.5. The van der Waals surface area contributed by atoms with Crippen LogP contribution in [0.1, 0.15) is 38.5 Å². The van der Waals surface area contributed by atoms with Crippen molar-refractivity contribution >= 4 is 11.6 Å². The van der Waals surface area contributed by atoms with E-state index in [-0.39, 0.29) is 12.5 Å². The topological polar surface area (TPSA) is 55.6 Å². The number of ether oxygens (including phenoxy) is 1. The molecule has 3 rings (SSSR count). The Morgan fingerprint density at radius 1 is 1.19 bits per heavy atom. The fourth-order valence-corrected chi connectivity index (χ4v) is 3.77. The maximum absolute atomic E-state index is 12.5. The summed E-state index contributed by atoms with van der Waals surface area (Å²) >= 11 is 0. The monoisotopic (exact) mass is 288 g/mol. The molecule has 1 aliphatic carbocycles. The van der Waals surface area contributed by atoms with Gasteiger partial charge >= 0.3 is 0 Å². The van der Waals surface area contributed by atoms with Crippen LogP contribution in [0.3, 0.4) is 0 Å². The molecule has 1 saturated carbocycles. The van der Waals surface area contributed by atoms with Crippen LogP contribution in [0.4, 0.5) is 5.69 Å². The Hall–Kier alpha value is -1.71. The van der Waals surface area contributed by atoms with E-state index in [0.717, 1.165) is 19.4 Å². The van der Waals surface area contributed by atoms with Crippen molar-refractivity contribution in [2.24, 2.45) is 5.92 Å². The zero-order valence-electron chi connectivity index (χ0n) is 12.5. The highest BCUT2D eigenvalue weighted by atomic mass is 16.5. The molecule has 4 heteroatoms. The lowest BCUT2D eigenvalue weighted by Crippen LogP contribution is -2.51. The maximum atomic E-state index is 12.5. The number of hydrogen-bond donors (Lipinski definition) is 1. The van der Waals surface area contributed by atoms with Gasteiger partial charge in [-0.1, -0.05) is 25.0 Å². The van der Waals surface area contributed by atoms with Gasteiger partial charge in [-0.3, -0.25) is 4.79 Å². The van der Waals surface area contributed by atoms with E-state index in [9.17, 15) is 4.79 Å². The quantitative estimate of drug-likeness (QED) is 0.870. The first-order chi connectivity index (χ1) is 10.3. The molecule has 4 nitrogen and oxygen atoms in total. The van der Waals surface area contributed by atoms with E-state index in [1.807, 2.05) is 18.2 Å². The third kappa shape index (κ3) is 3.14. The minimum atomic E-state index is 0.0947. The number of nitrogen functional groups attached to an aromatic ring is 1. The first kappa shape index (κ1) is 14.2. The van der Waals surface area contributed by atoms with Gasteiger partial charge in [0, 0.05) is 12.6 Å². The van der Waals surface area contributed by atoms with Gasteiger partial charge in [0.1, 0.15) is 5.75 Å². The predicted octanol–water partition coefficient (Wildman–Crippen LogP) is 2.83. The Kier molecular flexibility index (Phi) is 4.32. The van der Waals surface area contributed by atoms with Crippen LogP contribution in [-0.2, 0) is 4.79 Å². The number of nitrogens with zero attached hydrogens (tertiary/aromatic N) is 1. The number of fused-ring (bicyclic) bond motifs is 1. The van der Waals surface area contributed by atoms with Gasteiger partial charge in [-0.25, -0.2) is 0 Å². The van der Waals surface area contributed by atoms with Crippen molar-refractivity contribution in [1.29, 1.82) is 0 Å². The fraction of sp³-hybridized carbons (Fsp3) is 0.588. The average molecular weight is 288 g/mol. The van der Waals surface area contributed by atoms with Gasteiger partial charge in [0.25, 0.3) is 5.91 Å². The van der Waals surface area contributed by atoms with E-state index >= 15 is 0 Å². The van der Waals surface area contributed by atoms with Gasteiger partial charge in [-0.15, -0.1) is 0 Å². The van der Waals surface area contributed by atoms with E-state index in [0.29, 0.717) is 23.4 Å². The number of likely N-dealkylation sites (tertiary alicyclic amines) is 1. The second-order valence-electron chi connectivity index (χ2n) is 6.17. The Labute approximate surface area is 126 Å². The van der Waals surface area contributed by atoms with Crippen LogP contribution < -0.4 is 10.5 Å². The SMILES string of the molecule is Nc1ccccc1OCC(=O)N1CCC[C@H]2CCCC[C@H]21. The maximum Gasteiger partial charge on any atom is 0.260 e. The van der Waals surface area contributed by atoms with Gasteiger partial charge in [0.05, 0.1) is 5.69 Å². The van der Waals surface area contributed by atoms with Crippen LogP contribution in [0.5, 0.6) is 5.75 Å². The van der Waals surface area contributed by atoms with Gasteiger partial charge in [-0.05, 0) is 43.7 Å². The summed E-state index contributed by atoms with van der Waals surface area (Å²) in [5.74, 6) is 1.41. The van der Waals surface area contributed by atoms with Crippen molar-refractivity contribution in [3.8, 4) is 5.75 Å². The third-order valence-electron chi connectivity index (χ3n) is 4.83. The average Bonchev–Trinajstić information content (AvgIpc) is 2.53. The molecule has 0 bridgehead atoms. The number of carbonyl (C=O) groups is 1. The second-order valence-corrected chi connectivity index (χ2v) is 6.17. The van der Waals surface area contributed by atoms with Crippen LogP contribution in [0, 0.1) is 5.92 Å². The summed E-state index contributed by atoms with van der Waals surface area (Å²) in [6, 6.07) is 7.77. The number of piperidine rings is 1. The Morgan fingerprint density at radius 3 is 2.81 bits per heavy atom. The third-order valence-corrected chi connectivity index (χ3v) is 4.83. The summed E-state index contributed by atoms with van der Waals surface area (Å²) in [4.78, 5) is 14.6. The molecule has 1 aromatic rings. The second kappa shape index (κ2) is 6.37. The molecule has 0 unspecified atom stereocenters. The van der Waals surface area contributed by atoms with E-state index in [2.05, 4.69) is 4.90 Å². The molecule has 114 valence electrons. The molecule has 2 atom stereocenters. The van der Waals surface area contributed by atoms with Crippen molar-refractivity contribution in [3.63, 3.8) is 0 Å². The number of nitrogens with two attached hydrogens (primary N) is 1. The summed E-state index contributed by atoms with van der Waals surface area (Å²) < 4.78 is 5.62. The number of carbonyl (C=O) groups excluding carboxylic acids is 1. The van der Waals surface area contributed by atoms with Crippen LogP contribution in [0.25, 0.3) is 0 Å². The number of amides is 1. The molecule has 21 heavy (non-hydrogen) atoms. The van der Waals surface area contributed by atoms with Crippen molar-refractivity contribution in [2.45, 2.75) is 44.6 Å². The Morgan fingerprint density at radius 2 is 1.95 bits per heavy atom. The number of anilines is 1. The summed E-state index contributed by atoms with van der Waals surface area (Å²) in [6.45, 7) is 0.977. The van der Waals surface area contributed by atoms with E-state index in [1.165, 1.54) is 25.7 Å².